The summed E-state index contributed by atoms with van der Waals surface area (Å²) in [6, 6.07) is 13.4. The summed E-state index contributed by atoms with van der Waals surface area (Å²) in [5.74, 6) is 0.652. The number of benzene rings is 1. The minimum atomic E-state index is -0.570. The van der Waals surface area contributed by atoms with Gasteiger partial charge in [-0.1, -0.05) is 18.2 Å². The first-order valence-electron chi connectivity index (χ1n) is 8.62. The third-order valence-corrected chi connectivity index (χ3v) is 3.78. The van der Waals surface area contributed by atoms with Gasteiger partial charge in [0.15, 0.2) is 0 Å². The second-order valence-corrected chi connectivity index (χ2v) is 7.33. The monoisotopic (exact) mass is 352 g/mol. The van der Waals surface area contributed by atoms with Gasteiger partial charge in [-0.25, -0.2) is 14.3 Å². The number of carbonyl (C=O) groups is 1. The SMILES string of the molecule is CN(Cc1ccccn1)Cc1nc2ccccc2n1C(=O)OC(C)(C)C. The Morgan fingerprint density at radius 2 is 1.85 bits per heavy atom. The standard InChI is InChI=1S/C20H24N4O2/c1-20(2,3)26-19(25)24-17-11-6-5-10-16(17)22-18(24)14-23(4)13-15-9-7-8-12-21-15/h5-12H,13-14H2,1-4H3. The molecule has 0 amide bonds. The summed E-state index contributed by atoms with van der Waals surface area (Å²) in [4.78, 5) is 23.8. The van der Waals surface area contributed by atoms with Crippen LogP contribution in [0.4, 0.5) is 4.79 Å². The molecule has 0 fully saturated rings. The van der Waals surface area contributed by atoms with Crippen LogP contribution in [0.1, 0.15) is 32.3 Å². The van der Waals surface area contributed by atoms with Gasteiger partial charge in [0.2, 0.25) is 0 Å². The summed E-state index contributed by atoms with van der Waals surface area (Å²) >= 11 is 0. The van der Waals surface area contributed by atoms with E-state index < -0.39 is 11.7 Å². The molecule has 3 rings (SSSR count). The highest BCUT2D eigenvalue weighted by Crippen LogP contribution is 2.20. The molecule has 0 atom stereocenters. The summed E-state index contributed by atoms with van der Waals surface area (Å²) in [5.41, 5.74) is 1.93. The maximum Gasteiger partial charge on any atom is 0.420 e. The fourth-order valence-electron chi connectivity index (χ4n) is 2.76. The summed E-state index contributed by atoms with van der Waals surface area (Å²) in [5, 5.41) is 0. The number of pyridine rings is 1. The minimum absolute atomic E-state index is 0.410. The van der Waals surface area contributed by atoms with Crippen LogP contribution < -0.4 is 0 Å². The Labute approximate surface area is 153 Å². The molecule has 6 heteroatoms. The van der Waals surface area contributed by atoms with Gasteiger partial charge in [-0.2, -0.15) is 0 Å². The molecule has 0 aliphatic carbocycles. The molecule has 0 aliphatic heterocycles. The smallest absolute Gasteiger partial charge is 0.420 e. The van der Waals surface area contributed by atoms with Crippen LogP contribution in [-0.4, -0.2) is 38.2 Å². The molecule has 0 aliphatic rings. The van der Waals surface area contributed by atoms with Gasteiger partial charge in [-0.15, -0.1) is 0 Å². The number of imidazole rings is 1. The zero-order valence-electron chi connectivity index (χ0n) is 15.6. The van der Waals surface area contributed by atoms with Crippen LogP contribution in [0.15, 0.2) is 48.7 Å². The van der Waals surface area contributed by atoms with Crippen LogP contribution in [0, 0.1) is 0 Å². The molecule has 0 N–H and O–H groups in total. The Hall–Kier alpha value is -2.73. The molecule has 0 radical (unpaired) electrons. The quantitative estimate of drug-likeness (QED) is 0.714. The highest BCUT2D eigenvalue weighted by molar-refractivity contribution is 5.87. The van der Waals surface area contributed by atoms with E-state index in [1.165, 1.54) is 0 Å². The second kappa shape index (κ2) is 7.25. The third kappa shape index (κ3) is 4.26. The van der Waals surface area contributed by atoms with Crippen LogP contribution >= 0.6 is 0 Å². The molecule has 0 saturated heterocycles. The van der Waals surface area contributed by atoms with Gasteiger partial charge >= 0.3 is 6.09 Å². The molecular formula is C20H24N4O2. The Morgan fingerprint density at radius 1 is 1.12 bits per heavy atom. The van der Waals surface area contributed by atoms with E-state index in [0.29, 0.717) is 18.9 Å². The lowest BCUT2D eigenvalue weighted by Gasteiger charge is -2.21. The Bertz CT molecular complexity index is 897. The Kier molecular flexibility index (Phi) is 5.04. The predicted molar refractivity (Wildman–Crippen MR) is 101 cm³/mol. The average Bonchev–Trinajstić information content (AvgIpc) is 2.91. The van der Waals surface area contributed by atoms with E-state index >= 15 is 0 Å². The Morgan fingerprint density at radius 3 is 2.54 bits per heavy atom. The van der Waals surface area contributed by atoms with Crippen molar-refractivity contribution < 1.29 is 9.53 Å². The van der Waals surface area contributed by atoms with E-state index in [9.17, 15) is 4.79 Å². The number of para-hydroxylation sites is 2. The maximum absolute atomic E-state index is 12.8. The fourth-order valence-corrected chi connectivity index (χ4v) is 2.76. The zero-order chi connectivity index (χ0) is 18.7. The molecule has 0 spiro atoms. The summed E-state index contributed by atoms with van der Waals surface area (Å²) in [6.07, 6.45) is 1.37. The largest absolute Gasteiger partial charge is 0.443 e. The van der Waals surface area contributed by atoms with Gasteiger partial charge in [0.25, 0.3) is 0 Å². The molecule has 1 aromatic carbocycles. The maximum atomic E-state index is 12.8. The van der Waals surface area contributed by atoms with Crippen molar-refractivity contribution in [3.63, 3.8) is 0 Å². The topological polar surface area (TPSA) is 60.2 Å². The summed E-state index contributed by atoms with van der Waals surface area (Å²) < 4.78 is 7.15. The van der Waals surface area contributed by atoms with Crippen LogP contribution in [0.5, 0.6) is 0 Å². The molecule has 0 unspecified atom stereocenters. The lowest BCUT2D eigenvalue weighted by Crippen LogP contribution is -2.29. The molecule has 136 valence electrons. The van der Waals surface area contributed by atoms with Crippen LogP contribution in [-0.2, 0) is 17.8 Å². The number of carbonyl (C=O) groups excluding carboxylic acids is 1. The van der Waals surface area contributed by atoms with Gasteiger partial charge in [-0.05, 0) is 52.1 Å². The van der Waals surface area contributed by atoms with Gasteiger partial charge in [-0.3, -0.25) is 9.88 Å². The van der Waals surface area contributed by atoms with Crippen molar-refractivity contribution in [1.82, 2.24) is 19.4 Å². The van der Waals surface area contributed by atoms with Crippen molar-refractivity contribution in [3.05, 3.63) is 60.2 Å². The third-order valence-electron chi connectivity index (χ3n) is 3.78. The first-order chi connectivity index (χ1) is 12.3. The number of hydrogen-bond acceptors (Lipinski definition) is 5. The van der Waals surface area contributed by atoms with Crippen LogP contribution in [0.3, 0.4) is 0 Å². The first-order valence-corrected chi connectivity index (χ1v) is 8.62. The molecule has 2 heterocycles. The van der Waals surface area contributed by atoms with Gasteiger partial charge in [0.1, 0.15) is 11.4 Å². The van der Waals surface area contributed by atoms with Gasteiger partial charge in [0, 0.05) is 12.7 Å². The van der Waals surface area contributed by atoms with Crippen molar-refractivity contribution in [1.29, 1.82) is 0 Å². The lowest BCUT2D eigenvalue weighted by atomic mass is 10.2. The molecule has 26 heavy (non-hydrogen) atoms. The van der Waals surface area contributed by atoms with E-state index in [4.69, 9.17) is 4.74 Å². The fraction of sp³-hybridized carbons (Fsp3) is 0.350. The number of fused-ring (bicyclic) bond motifs is 1. The molecule has 0 saturated carbocycles. The van der Waals surface area contributed by atoms with Gasteiger partial charge < -0.3 is 4.74 Å². The van der Waals surface area contributed by atoms with E-state index in [-0.39, 0.29) is 0 Å². The first kappa shape index (κ1) is 18.1. The van der Waals surface area contributed by atoms with Crippen molar-refractivity contribution in [2.24, 2.45) is 0 Å². The molecule has 2 aromatic heterocycles. The molecule has 3 aromatic rings. The molecular weight excluding hydrogens is 328 g/mol. The van der Waals surface area contributed by atoms with Crippen LogP contribution in [0.25, 0.3) is 11.0 Å². The Balaban J connectivity index is 1.89. The predicted octanol–water partition coefficient (Wildman–Crippen LogP) is 3.85. The van der Waals surface area contributed by atoms with Crippen LogP contribution in [0.2, 0.25) is 0 Å². The number of rotatable bonds is 4. The van der Waals surface area contributed by atoms with Crippen molar-refractivity contribution in [2.75, 3.05) is 7.05 Å². The molecule has 6 nitrogen and oxygen atoms in total. The van der Waals surface area contributed by atoms with E-state index in [1.807, 2.05) is 70.3 Å². The normalized spacial score (nSPS) is 11.9. The lowest BCUT2D eigenvalue weighted by molar-refractivity contribution is 0.0535. The number of aromatic nitrogens is 3. The number of hydrogen-bond donors (Lipinski definition) is 0. The zero-order valence-corrected chi connectivity index (χ0v) is 15.6. The highest BCUT2D eigenvalue weighted by Gasteiger charge is 2.23. The van der Waals surface area contributed by atoms with Crippen molar-refractivity contribution in [3.8, 4) is 0 Å². The summed E-state index contributed by atoms with van der Waals surface area (Å²) in [6.45, 7) is 6.74. The van der Waals surface area contributed by atoms with Crippen molar-refractivity contribution >= 4 is 17.1 Å². The molecule has 0 bridgehead atoms. The average molecular weight is 352 g/mol. The van der Waals surface area contributed by atoms with E-state index in [2.05, 4.69) is 14.9 Å². The van der Waals surface area contributed by atoms with Gasteiger partial charge in [0.05, 0.1) is 23.3 Å². The van der Waals surface area contributed by atoms with Crippen molar-refractivity contribution in [2.45, 2.75) is 39.5 Å². The summed E-state index contributed by atoms with van der Waals surface area (Å²) in [7, 11) is 1.98. The van der Waals surface area contributed by atoms with E-state index in [0.717, 1.165) is 16.7 Å². The minimum Gasteiger partial charge on any atom is -0.443 e. The number of nitrogens with zero attached hydrogens (tertiary/aromatic N) is 4. The second-order valence-electron chi connectivity index (χ2n) is 7.33. The van der Waals surface area contributed by atoms with E-state index in [1.54, 1.807) is 10.8 Å². The highest BCUT2D eigenvalue weighted by atomic mass is 16.6. The number of ether oxygens (including phenoxy) is 1.